The number of hydrogen-bond acceptors (Lipinski definition) is 4. The number of nitrogens with one attached hydrogen (secondary N) is 3. The summed E-state index contributed by atoms with van der Waals surface area (Å²) in [7, 11) is 1.74. The van der Waals surface area contributed by atoms with E-state index in [1.807, 2.05) is 20.8 Å². The minimum atomic E-state index is -0.473. The van der Waals surface area contributed by atoms with Crippen molar-refractivity contribution in [2.45, 2.75) is 46.6 Å². The van der Waals surface area contributed by atoms with Crippen molar-refractivity contribution in [2.24, 2.45) is 4.99 Å². The van der Waals surface area contributed by atoms with Crippen LogP contribution in [0.2, 0.25) is 0 Å². The molecular weight excluding hydrogens is 294 g/mol. The lowest BCUT2D eigenvalue weighted by Gasteiger charge is -2.21. The first-order valence-electron chi connectivity index (χ1n) is 8.46. The molecule has 0 unspecified atom stereocenters. The second kappa shape index (κ2) is 12.0. The van der Waals surface area contributed by atoms with Crippen molar-refractivity contribution in [3.8, 4) is 0 Å². The van der Waals surface area contributed by atoms with E-state index in [1.54, 1.807) is 7.05 Å². The minimum Gasteiger partial charge on any atom is -0.444 e. The summed E-state index contributed by atoms with van der Waals surface area (Å²) in [5.41, 5.74) is -0.473. The summed E-state index contributed by atoms with van der Waals surface area (Å²) >= 11 is 0. The molecule has 0 saturated heterocycles. The van der Waals surface area contributed by atoms with Crippen molar-refractivity contribution in [1.29, 1.82) is 0 Å². The Labute approximate surface area is 141 Å². The van der Waals surface area contributed by atoms with E-state index in [1.165, 1.54) is 0 Å². The fraction of sp³-hybridized carbons (Fsp3) is 0.875. The average Bonchev–Trinajstić information content (AvgIpc) is 2.46. The molecule has 0 atom stereocenters. The monoisotopic (exact) mass is 329 g/mol. The molecule has 0 aliphatic rings. The lowest BCUT2D eigenvalue weighted by atomic mass is 10.2. The molecule has 23 heavy (non-hydrogen) atoms. The summed E-state index contributed by atoms with van der Waals surface area (Å²) in [5.74, 6) is 0.739. The molecule has 7 heteroatoms. The van der Waals surface area contributed by atoms with E-state index in [4.69, 9.17) is 4.74 Å². The summed E-state index contributed by atoms with van der Waals surface area (Å²) in [6.45, 7) is 15.0. The molecule has 1 amide bonds. The lowest BCUT2D eigenvalue weighted by molar-refractivity contribution is 0.0529. The summed E-state index contributed by atoms with van der Waals surface area (Å²) in [6, 6.07) is 0. The van der Waals surface area contributed by atoms with Crippen LogP contribution in [0.3, 0.4) is 0 Å². The maximum atomic E-state index is 11.5. The first-order chi connectivity index (χ1) is 10.8. The Morgan fingerprint density at radius 1 is 1.04 bits per heavy atom. The van der Waals surface area contributed by atoms with E-state index in [0.29, 0.717) is 13.1 Å². The van der Waals surface area contributed by atoms with Gasteiger partial charge in [0.2, 0.25) is 0 Å². The van der Waals surface area contributed by atoms with Crippen LogP contribution in [0.1, 0.15) is 41.0 Å². The molecule has 0 saturated carbocycles. The standard InChI is InChI=1S/C16H35N5O2/c1-7-12-21(8-2)13-11-19-14(17-6)18-9-10-20-15(22)23-16(3,4)5/h7-13H2,1-6H3,(H,20,22)(H2,17,18,19). The topological polar surface area (TPSA) is 78.0 Å². The van der Waals surface area contributed by atoms with Crippen LogP contribution in [-0.2, 0) is 4.74 Å². The van der Waals surface area contributed by atoms with Gasteiger partial charge in [0.05, 0.1) is 0 Å². The zero-order valence-electron chi connectivity index (χ0n) is 15.7. The molecule has 0 aromatic heterocycles. The Kier molecular flexibility index (Phi) is 11.2. The van der Waals surface area contributed by atoms with Gasteiger partial charge < -0.3 is 25.6 Å². The van der Waals surface area contributed by atoms with E-state index in [2.05, 4.69) is 39.7 Å². The summed E-state index contributed by atoms with van der Waals surface area (Å²) < 4.78 is 5.17. The largest absolute Gasteiger partial charge is 0.444 e. The van der Waals surface area contributed by atoms with Crippen LogP contribution < -0.4 is 16.0 Å². The highest BCUT2D eigenvalue weighted by Crippen LogP contribution is 2.05. The Bertz CT molecular complexity index is 353. The Morgan fingerprint density at radius 2 is 1.65 bits per heavy atom. The van der Waals surface area contributed by atoms with Crippen LogP contribution in [0.5, 0.6) is 0 Å². The van der Waals surface area contributed by atoms with Crippen LogP contribution in [0.25, 0.3) is 0 Å². The average molecular weight is 329 g/mol. The zero-order chi connectivity index (χ0) is 17.7. The van der Waals surface area contributed by atoms with Crippen molar-refractivity contribution in [3.63, 3.8) is 0 Å². The van der Waals surface area contributed by atoms with Crippen molar-refractivity contribution < 1.29 is 9.53 Å². The van der Waals surface area contributed by atoms with Crippen LogP contribution in [0.15, 0.2) is 4.99 Å². The Hall–Kier alpha value is -1.50. The number of carbonyl (C=O) groups excluding carboxylic acids is 1. The van der Waals surface area contributed by atoms with Gasteiger partial charge >= 0.3 is 6.09 Å². The molecule has 136 valence electrons. The molecule has 0 bridgehead atoms. The molecule has 0 aromatic rings. The van der Waals surface area contributed by atoms with Crippen LogP contribution in [0, 0.1) is 0 Å². The van der Waals surface area contributed by atoms with Gasteiger partial charge in [-0.15, -0.1) is 0 Å². The number of rotatable bonds is 9. The molecule has 7 nitrogen and oxygen atoms in total. The van der Waals surface area contributed by atoms with Crippen LogP contribution in [-0.4, -0.2) is 68.9 Å². The molecule has 0 aliphatic carbocycles. The van der Waals surface area contributed by atoms with E-state index in [-0.39, 0.29) is 0 Å². The minimum absolute atomic E-state index is 0.402. The smallest absolute Gasteiger partial charge is 0.407 e. The van der Waals surface area contributed by atoms with Gasteiger partial charge in [-0.25, -0.2) is 4.79 Å². The number of hydrogen-bond donors (Lipinski definition) is 3. The molecule has 0 fully saturated rings. The number of amides is 1. The first-order valence-corrected chi connectivity index (χ1v) is 8.46. The van der Waals surface area contributed by atoms with Gasteiger partial charge in [-0.3, -0.25) is 4.99 Å². The highest BCUT2D eigenvalue weighted by Gasteiger charge is 2.15. The second-order valence-corrected chi connectivity index (χ2v) is 6.29. The van der Waals surface area contributed by atoms with Crippen molar-refractivity contribution >= 4 is 12.1 Å². The van der Waals surface area contributed by atoms with Crippen molar-refractivity contribution in [1.82, 2.24) is 20.9 Å². The fourth-order valence-electron chi connectivity index (χ4n) is 1.96. The predicted octanol–water partition coefficient (Wildman–Crippen LogP) is 1.41. The zero-order valence-corrected chi connectivity index (χ0v) is 15.7. The third-order valence-electron chi connectivity index (χ3n) is 3.02. The van der Waals surface area contributed by atoms with Gasteiger partial charge in [-0.1, -0.05) is 13.8 Å². The normalized spacial score (nSPS) is 12.2. The van der Waals surface area contributed by atoms with Gasteiger partial charge in [0.15, 0.2) is 5.96 Å². The number of alkyl carbamates (subject to hydrolysis) is 1. The van der Waals surface area contributed by atoms with E-state index < -0.39 is 11.7 Å². The highest BCUT2D eigenvalue weighted by molar-refractivity contribution is 5.79. The fourth-order valence-corrected chi connectivity index (χ4v) is 1.96. The Balaban J connectivity index is 3.84. The third kappa shape index (κ3) is 12.7. The summed E-state index contributed by atoms with van der Waals surface area (Å²) in [5, 5.41) is 9.14. The molecule has 0 aliphatic heterocycles. The van der Waals surface area contributed by atoms with E-state index >= 15 is 0 Å². The molecule has 0 aromatic carbocycles. The quantitative estimate of drug-likeness (QED) is 0.339. The number of guanidine groups is 1. The third-order valence-corrected chi connectivity index (χ3v) is 3.02. The van der Waals surface area contributed by atoms with Gasteiger partial charge in [0.25, 0.3) is 0 Å². The summed E-state index contributed by atoms with van der Waals surface area (Å²) in [6.07, 6.45) is 0.761. The highest BCUT2D eigenvalue weighted by atomic mass is 16.6. The molecule has 0 heterocycles. The van der Waals surface area contributed by atoms with E-state index in [9.17, 15) is 4.79 Å². The number of carbonyl (C=O) groups is 1. The number of nitrogens with zero attached hydrogens (tertiary/aromatic N) is 2. The van der Waals surface area contributed by atoms with Crippen LogP contribution in [0.4, 0.5) is 4.79 Å². The summed E-state index contributed by atoms with van der Waals surface area (Å²) in [4.78, 5) is 18.1. The number of ether oxygens (including phenoxy) is 1. The van der Waals surface area contributed by atoms with Gasteiger partial charge in [0, 0.05) is 33.2 Å². The Morgan fingerprint density at radius 3 is 2.17 bits per heavy atom. The SMILES string of the molecule is CCCN(CC)CCNC(=NC)NCCNC(=O)OC(C)(C)C. The molecule has 0 spiro atoms. The maximum absolute atomic E-state index is 11.5. The van der Waals surface area contributed by atoms with Crippen LogP contribution >= 0.6 is 0 Å². The van der Waals surface area contributed by atoms with Gasteiger partial charge in [-0.05, 0) is 40.3 Å². The lowest BCUT2D eigenvalue weighted by Crippen LogP contribution is -2.44. The second-order valence-electron chi connectivity index (χ2n) is 6.29. The molecule has 3 N–H and O–H groups in total. The van der Waals surface area contributed by atoms with Crippen molar-refractivity contribution in [2.75, 3.05) is 46.3 Å². The van der Waals surface area contributed by atoms with E-state index in [0.717, 1.165) is 38.6 Å². The van der Waals surface area contributed by atoms with Crippen molar-refractivity contribution in [3.05, 3.63) is 0 Å². The molecule has 0 rings (SSSR count). The predicted molar refractivity (Wildman–Crippen MR) is 96.0 cm³/mol. The maximum Gasteiger partial charge on any atom is 0.407 e. The number of aliphatic imine (C=N–C) groups is 1. The number of likely N-dealkylation sites (N-methyl/N-ethyl adjacent to an activating group) is 1. The van der Waals surface area contributed by atoms with Gasteiger partial charge in [0.1, 0.15) is 5.60 Å². The molecule has 0 radical (unpaired) electrons. The first kappa shape index (κ1) is 21.5. The molecular formula is C16H35N5O2. The van der Waals surface area contributed by atoms with Gasteiger partial charge in [-0.2, -0.15) is 0 Å².